The maximum atomic E-state index is 13.0. The summed E-state index contributed by atoms with van der Waals surface area (Å²) in [6, 6.07) is 5.81. The van der Waals surface area contributed by atoms with E-state index in [9.17, 15) is 4.79 Å². The van der Waals surface area contributed by atoms with Crippen LogP contribution in [0.3, 0.4) is 0 Å². The lowest BCUT2D eigenvalue weighted by Crippen LogP contribution is -2.46. The summed E-state index contributed by atoms with van der Waals surface area (Å²) in [5, 5.41) is 0. The van der Waals surface area contributed by atoms with Crippen LogP contribution in [0.15, 0.2) is 18.2 Å². The molecule has 0 radical (unpaired) electrons. The Kier molecular flexibility index (Phi) is 4.10. The second-order valence-corrected chi connectivity index (χ2v) is 6.25. The first-order valence-electron chi connectivity index (χ1n) is 8.32. The lowest BCUT2D eigenvalue weighted by atomic mass is 10.1. The molecule has 0 aliphatic carbocycles. The standard InChI is InChI=1S/C17H22N2O4/c20-17(14-4-1-5-15-16(14)23-12-22-15)19-6-2-3-13(19)11-18-7-9-21-10-8-18/h1,4-5,13H,2-3,6-12H2/t13-/m0/s1. The third-order valence-electron chi connectivity index (χ3n) is 4.84. The molecular weight excluding hydrogens is 296 g/mol. The van der Waals surface area contributed by atoms with Gasteiger partial charge in [0.2, 0.25) is 6.79 Å². The highest BCUT2D eigenvalue weighted by Gasteiger charge is 2.33. The van der Waals surface area contributed by atoms with Crippen molar-refractivity contribution in [1.29, 1.82) is 0 Å². The third kappa shape index (κ3) is 2.88. The lowest BCUT2D eigenvalue weighted by Gasteiger charge is -2.33. The summed E-state index contributed by atoms with van der Waals surface area (Å²) in [7, 11) is 0. The van der Waals surface area contributed by atoms with Crippen LogP contribution in [-0.2, 0) is 4.74 Å². The van der Waals surface area contributed by atoms with Crippen LogP contribution in [0.1, 0.15) is 23.2 Å². The zero-order valence-electron chi connectivity index (χ0n) is 13.2. The highest BCUT2D eigenvalue weighted by molar-refractivity contribution is 5.98. The number of carbonyl (C=O) groups excluding carboxylic acids is 1. The van der Waals surface area contributed by atoms with E-state index in [0.29, 0.717) is 17.1 Å². The quantitative estimate of drug-likeness (QED) is 0.842. The molecular formula is C17H22N2O4. The molecule has 1 atom stereocenters. The number of ether oxygens (including phenoxy) is 3. The molecule has 23 heavy (non-hydrogen) atoms. The smallest absolute Gasteiger partial charge is 0.258 e. The van der Waals surface area contributed by atoms with E-state index in [1.807, 2.05) is 23.1 Å². The fourth-order valence-corrected chi connectivity index (χ4v) is 3.63. The molecule has 0 spiro atoms. The zero-order valence-corrected chi connectivity index (χ0v) is 13.2. The van der Waals surface area contributed by atoms with Crippen molar-refractivity contribution >= 4 is 5.91 Å². The summed E-state index contributed by atoms with van der Waals surface area (Å²) in [4.78, 5) is 17.4. The molecule has 0 unspecified atom stereocenters. The van der Waals surface area contributed by atoms with Crippen molar-refractivity contribution in [2.24, 2.45) is 0 Å². The molecule has 2 saturated heterocycles. The largest absolute Gasteiger partial charge is 0.454 e. The van der Waals surface area contributed by atoms with Crippen molar-refractivity contribution in [3.05, 3.63) is 23.8 Å². The topological polar surface area (TPSA) is 51.2 Å². The Balaban J connectivity index is 1.50. The molecule has 1 amide bonds. The van der Waals surface area contributed by atoms with Gasteiger partial charge in [0.15, 0.2) is 11.5 Å². The van der Waals surface area contributed by atoms with E-state index in [1.165, 1.54) is 0 Å². The first-order valence-corrected chi connectivity index (χ1v) is 8.32. The van der Waals surface area contributed by atoms with E-state index >= 15 is 0 Å². The fraction of sp³-hybridized carbons (Fsp3) is 0.588. The Hall–Kier alpha value is -1.79. The number of nitrogens with zero attached hydrogens (tertiary/aromatic N) is 2. The summed E-state index contributed by atoms with van der Waals surface area (Å²) in [6.45, 7) is 5.43. The number of benzene rings is 1. The van der Waals surface area contributed by atoms with E-state index in [4.69, 9.17) is 14.2 Å². The molecule has 3 aliphatic rings. The van der Waals surface area contributed by atoms with E-state index in [0.717, 1.165) is 52.2 Å². The van der Waals surface area contributed by atoms with Crippen molar-refractivity contribution in [1.82, 2.24) is 9.80 Å². The molecule has 0 saturated carbocycles. The molecule has 6 heteroatoms. The van der Waals surface area contributed by atoms with E-state index in [1.54, 1.807) is 0 Å². The van der Waals surface area contributed by atoms with Crippen LogP contribution in [0, 0.1) is 0 Å². The second-order valence-electron chi connectivity index (χ2n) is 6.25. The molecule has 4 rings (SSSR count). The van der Waals surface area contributed by atoms with Crippen molar-refractivity contribution in [2.45, 2.75) is 18.9 Å². The molecule has 1 aromatic rings. The van der Waals surface area contributed by atoms with E-state index < -0.39 is 0 Å². The van der Waals surface area contributed by atoms with Crippen LogP contribution in [-0.4, -0.2) is 67.9 Å². The van der Waals surface area contributed by atoms with Crippen molar-refractivity contribution in [3.63, 3.8) is 0 Å². The first-order chi connectivity index (χ1) is 11.3. The van der Waals surface area contributed by atoms with Gasteiger partial charge in [-0.25, -0.2) is 0 Å². The molecule has 1 aromatic carbocycles. The number of hydrogen-bond donors (Lipinski definition) is 0. The number of fused-ring (bicyclic) bond motifs is 1. The number of carbonyl (C=O) groups is 1. The molecule has 0 bridgehead atoms. The number of morpholine rings is 1. The Bertz CT molecular complexity index is 586. The van der Waals surface area contributed by atoms with Crippen LogP contribution in [0.4, 0.5) is 0 Å². The molecule has 6 nitrogen and oxygen atoms in total. The van der Waals surface area contributed by atoms with Gasteiger partial charge in [-0.3, -0.25) is 9.69 Å². The summed E-state index contributed by atoms with van der Waals surface area (Å²) < 4.78 is 16.3. The minimum absolute atomic E-state index is 0.0584. The molecule has 124 valence electrons. The zero-order chi connectivity index (χ0) is 15.6. The number of hydrogen-bond acceptors (Lipinski definition) is 5. The van der Waals surface area contributed by atoms with Gasteiger partial charge >= 0.3 is 0 Å². The van der Waals surface area contributed by atoms with Gasteiger partial charge in [0.1, 0.15) is 0 Å². The van der Waals surface area contributed by atoms with Crippen molar-refractivity contribution < 1.29 is 19.0 Å². The summed E-state index contributed by atoms with van der Waals surface area (Å²) in [5.74, 6) is 1.32. The molecule has 2 fully saturated rings. The van der Waals surface area contributed by atoms with Gasteiger partial charge < -0.3 is 19.1 Å². The third-order valence-corrected chi connectivity index (χ3v) is 4.84. The second kappa shape index (κ2) is 6.37. The van der Waals surface area contributed by atoms with Crippen molar-refractivity contribution in [2.75, 3.05) is 46.2 Å². The van der Waals surface area contributed by atoms with Crippen LogP contribution < -0.4 is 9.47 Å². The first kappa shape index (κ1) is 14.8. The number of rotatable bonds is 3. The molecule has 3 heterocycles. The number of likely N-dealkylation sites (tertiary alicyclic amines) is 1. The minimum Gasteiger partial charge on any atom is -0.454 e. The summed E-state index contributed by atoms with van der Waals surface area (Å²) >= 11 is 0. The number of para-hydroxylation sites is 1. The Morgan fingerprint density at radius 3 is 2.91 bits per heavy atom. The Morgan fingerprint density at radius 1 is 1.17 bits per heavy atom. The van der Waals surface area contributed by atoms with Crippen LogP contribution >= 0.6 is 0 Å². The predicted octanol–water partition coefficient (Wildman–Crippen LogP) is 1.35. The van der Waals surface area contributed by atoms with Crippen LogP contribution in [0.2, 0.25) is 0 Å². The highest BCUT2D eigenvalue weighted by atomic mass is 16.7. The average Bonchev–Trinajstić information content (AvgIpc) is 3.23. The maximum absolute atomic E-state index is 13.0. The SMILES string of the molecule is O=C(c1cccc2c1OCO2)N1CCC[C@H]1CN1CCOCC1. The van der Waals surface area contributed by atoms with Gasteiger partial charge in [0.25, 0.3) is 5.91 Å². The number of amides is 1. The predicted molar refractivity (Wildman–Crippen MR) is 83.9 cm³/mol. The normalized spacial score (nSPS) is 24.2. The van der Waals surface area contributed by atoms with Gasteiger partial charge in [-0.15, -0.1) is 0 Å². The molecule has 0 aromatic heterocycles. The van der Waals surface area contributed by atoms with Gasteiger partial charge in [0.05, 0.1) is 18.8 Å². The van der Waals surface area contributed by atoms with E-state index in [-0.39, 0.29) is 18.7 Å². The summed E-state index contributed by atoms with van der Waals surface area (Å²) in [5.41, 5.74) is 0.619. The summed E-state index contributed by atoms with van der Waals surface area (Å²) in [6.07, 6.45) is 2.13. The fourth-order valence-electron chi connectivity index (χ4n) is 3.63. The monoisotopic (exact) mass is 318 g/mol. The minimum atomic E-state index is 0.0584. The Morgan fingerprint density at radius 2 is 2.04 bits per heavy atom. The lowest BCUT2D eigenvalue weighted by molar-refractivity contribution is 0.0261. The highest BCUT2D eigenvalue weighted by Crippen LogP contribution is 2.36. The van der Waals surface area contributed by atoms with Crippen molar-refractivity contribution in [3.8, 4) is 11.5 Å². The molecule has 0 N–H and O–H groups in total. The van der Waals surface area contributed by atoms with Crippen LogP contribution in [0.25, 0.3) is 0 Å². The van der Waals surface area contributed by atoms with Gasteiger partial charge in [-0.1, -0.05) is 6.07 Å². The van der Waals surface area contributed by atoms with Crippen LogP contribution in [0.5, 0.6) is 11.5 Å². The van der Waals surface area contributed by atoms with Gasteiger partial charge in [0, 0.05) is 32.2 Å². The van der Waals surface area contributed by atoms with Gasteiger partial charge in [-0.05, 0) is 25.0 Å². The molecule has 3 aliphatic heterocycles. The maximum Gasteiger partial charge on any atom is 0.258 e. The van der Waals surface area contributed by atoms with Gasteiger partial charge in [-0.2, -0.15) is 0 Å². The Labute approximate surface area is 135 Å². The average molecular weight is 318 g/mol. The van der Waals surface area contributed by atoms with E-state index in [2.05, 4.69) is 4.90 Å².